The van der Waals surface area contributed by atoms with E-state index in [0.29, 0.717) is 12.3 Å². The molecular formula is C28H39N3O3. The lowest BCUT2D eigenvalue weighted by Gasteiger charge is -2.43. The van der Waals surface area contributed by atoms with Crippen LogP contribution in [-0.2, 0) is 10.5 Å². The summed E-state index contributed by atoms with van der Waals surface area (Å²) >= 11 is 0. The summed E-state index contributed by atoms with van der Waals surface area (Å²) in [5, 5.41) is 10.8. The Hall–Kier alpha value is -2.89. The van der Waals surface area contributed by atoms with Crippen molar-refractivity contribution < 1.29 is 14.3 Å². The maximum absolute atomic E-state index is 14.0. The van der Waals surface area contributed by atoms with Gasteiger partial charge in [0.2, 0.25) is 5.91 Å². The smallest absolute Gasteiger partial charge is 0.228 e. The molecule has 4 rings (SSSR count). The highest BCUT2D eigenvalue weighted by atomic mass is 16.5. The van der Waals surface area contributed by atoms with Crippen LogP contribution in [0.3, 0.4) is 0 Å². The third-order valence-electron chi connectivity index (χ3n) is 7.37. The number of unbranched alkanes of at least 4 members (excludes halogenated alkanes) is 2. The predicted octanol–water partition coefficient (Wildman–Crippen LogP) is 5.90. The zero-order valence-corrected chi connectivity index (χ0v) is 20.8. The maximum atomic E-state index is 14.0. The van der Waals surface area contributed by atoms with E-state index in [1.807, 2.05) is 30.3 Å². The molecule has 2 aliphatic rings. The summed E-state index contributed by atoms with van der Waals surface area (Å²) in [6.07, 6.45) is 8.90. The normalized spacial score (nSPS) is 17.7. The molecule has 1 atom stereocenters. The van der Waals surface area contributed by atoms with E-state index in [1.54, 1.807) is 14.2 Å². The van der Waals surface area contributed by atoms with Gasteiger partial charge in [-0.15, -0.1) is 0 Å². The minimum atomic E-state index is -0.821. The maximum Gasteiger partial charge on any atom is 0.228 e. The zero-order chi connectivity index (χ0) is 24.0. The Morgan fingerprint density at radius 2 is 1.74 bits per heavy atom. The monoisotopic (exact) mass is 465 g/mol. The molecule has 0 saturated heterocycles. The average Bonchev–Trinajstić information content (AvgIpc) is 3.27. The number of rotatable bonds is 10. The second-order valence-electron chi connectivity index (χ2n) is 9.54. The van der Waals surface area contributed by atoms with Crippen molar-refractivity contribution in [2.24, 2.45) is 11.8 Å². The van der Waals surface area contributed by atoms with Gasteiger partial charge in [-0.3, -0.25) is 4.79 Å². The van der Waals surface area contributed by atoms with Gasteiger partial charge in [-0.1, -0.05) is 51.2 Å². The molecule has 184 valence electrons. The van der Waals surface area contributed by atoms with Crippen molar-refractivity contribution in [3.05, 3.63) is 48.0 Å². The molecule has 0 aromatic heterocycles. The largest absolute Gasteiger partial charge is 0.497 e. The first-order valence-corrected chi connectivity index (χ1v) is 12.8. The fourth-order valence-corrected chi connectivity index (χ4v) is 5.67. The number of amides is 1. The van der Waals surface area contributed by atoms with Crippen LogP contribution in [0.15, 0.2) is 42.5 Å². The van der Waals surface area contributed by atoms with E-state index in [0.717, 1.165) is 67.6 Å². The number of fused-ring (bicyclic) bond motifs is 1. The van der Waals surface area contributed by atoms with E-state index in [9.17, 15) is 4.79 Å². The van der Waals surface area contributed by atoms with Crippen LogP contribution >= 0.6 is 0 Å². The topological polar surface area (TPSA) is 71.6 Å². The fraction of sp³-hybridized carbons (Fsp3) is 0.536. The van der Waals surface area contributed by atoms with Crippen LogP contribution in [0.5, 0.6) is 11.5 Å². The Morgan fingerprint density at radius 3 is 2.35 bits per heavy atom. The van der Waals surface area contributed by atoms with Crippen molar-refractivity contribution in [3.8, 4) is 11.5 Å². The number of ether oxygens (including phenoxy) is 2. The van der Waals surface area contributed by atoms with Gasteiger partial charge in [0.05, 0.1) is 31.5 Å². The Bertz CT molecular complexity index is 946. The van der Waals surface area contributed by atoms with Crippen LogP contribution in [0.1, 0.15) is 63.9 Å². The number of hydrogen-bond acceptors (Lipinski definition) is 5. The molecule has 1 fully saturated rings. The van der Waals surface area contributed by atoms with Crippen molar-refractivity contribution in [2.75, 3.05) is 31.4 Å². The molecule has 1 unspecified atom stereocenters. The number of hydrogen-bond donors (Lipinski definition) is 3. The van der Waals surface area contributed by atoms with Crippen molar-refractivity contribution >= 4 is 17.3 Å². The van der Waals surface area contributed by atoms with Gasteiger partial charge < -0.3 is 25.4 Å². The summed E-state index contributed by atoms with van der Waals surface area (Å²) in [4.78, 5) is 14.0. The van der Waals surface area contributed by atoms with E-state index in [4.69, 9.17) is 9.47 Å². The Balaban J connectivity index is 1.80. The van der Waals surface area contributed by atoms with E-state index >= 15 is 0 Å². The molecule has 0 spiro atoms. The number of benzene rings is 2. The minimum Gasteiger partial charge on any atom is -0.497 e. The third kappa shape index (κ3) is 4.82. The standard InChI is InChI=1S/C28H39N3O3/c1-4-5-11-18-29-27(32)26(20-12-7-6-8-13-20)28(30-23-14-9-10-15-24(23)31-28)22-17-16-21(33-2)19-25(22)34-3/h9-10,14-17,19-20,26,30-31H,4-8,11-13,18H2,1-3H3,(H,29,32). The summed E-state index contributed by atoms with van der Waals surface area (Å²) in [7, 11) is 3.33. The van der Waals surface area contributed by atoms with E-state index in [1.165, 1.54) is 6.42 Å². The Morgan fingerprint density at radius 1 is 1.03 bits per heavy atom. The summed E-state index contributed by atoms with van der Waals surface area (Å²) < 4.78 is 11.3. The molecular weight excluding hydrogens is 426 g/mol. The number of carbonyl (C=O) groups excluding carboxylic acids is 1. The van der Waals surface area contributed by atoms with Crippen LogP contribution in [0, 0.1) is 11.8 Å². The van der Waals surface area contributed by atoms with Gasteiger partial charge in [-0.05, 0) is 49.4 Å². The molecule has 6 heteroatoms. The number of methoxy groups -OCH3 is 2. The first-order chi connectivity index (χ1) is 16.6. The lowest BCUT2D eigenvalue weighted by atomic mass is 9.71. The molecule has 2 aromatic rings. The quantitative estimate of drug-likeness (QED) is 0.381. The second kappa shape index (κ2) is 11.0. The highest BCUT2D eigenvalue weighted by Gasteiger charge is 2.53. The molecule has 0 radical (unpaired) electrons. The third-order valence-corrected chi connectivity index (χ3v) is 7.37. The van der Waals surface area contributed by atoms with E-state index in [-0.39, 0.29) is 17.7 Å². The zero-order valence-electron chi connectivity index (χ0n) is 20.8. The van der Waals surface area contributed by atoms with E-state index in [2.05, 4.69) is 35.0 Å². The van der Waals surface area contributed by atoms with Gasteiger partial charge in [0, 0.05) is 18.2 Å². The molecule has 0 bridgehead atoms. The molecule has 1 saturated carbocycles. The average molecular weight is 466 g/mol. The summed E-state index contributed by atoms with van der Waals surface area (Å²) in [5.74, 6) is 1.50. The van der Waals surface area contributed by atoms with Gasteiger partial charge in [-0.2, -0.15) is 0 Å². The fourth-order valence-electron chi connectivity index (χ4n) is 5.67. The highest BCUT2D eigenvalue weighted by Crippen LogP contribution is 2.51. The molecule has 1 heterocycles. The van der Waals surface area contributed by atoms with Gasteiger partial charge in [0.1, 0.15) is 11.5 Å². The van der Waals surface area contributed by atoms with Crippen LogP contribution in [0.25, 0.3) is 0 Å². The minimum absolute atomic E-state index is 0.105. The van der Waals surface area contributed by atoms with Crippen molar-refractivity contribution in [2.45, 2.75) is 64.0 Å². The predicted molar refractivity (Wildman–Crippen MR) is 138 cm³/mol. The molecule has 2 aromatic carbocycles. The number of anilines is 2. The SMILES string of the molecule is CCCCCNC(=O)C(C1CCCCC1)C1(c2ccc(OC)cc2OC)Nc2ccccc2N1. The summed E-state index contributed by atoms with van der Waals surface area (Å²) in [6, 6.07) is 14.1. The molecule has 1 amide bonds. The van der Waals surface area contributed by atoms with Crippen molar-refractivity contribution in [3.63, 3.8) is 0 Å². The van der Waals surface area contributed by atoms with Gasteiger partial charge in [-0.25, -0.2) is 0 Å². The summed E-state index contributed by atoms with van der Waals surface area (Å²) in [6.45, 7) is 2.89. The molecule has 1 aliphatic heterocycles. The van der Waals surface area contributed by atoms with Gasteiger partial charge in [0.15, 0.2) is 5.66 Å². The van der Waals surface area contributed by atoms with Crippen molar-refractivity contribution in [1.29, 1.82) is 0 Å². The summed E-state index contributed by atoms with van der Waals surface area (Å²) in [5.41, 5.74) is 2.10. The Kier molecular flexibility index (Phi) is 7.86. The first-order valence-electron chi connectivity index (χ1n) is 12.8. The van der Waals surface area contributed by atoms with Gasteiger partial charge in [0.25, 0.3) is 0 Å². The lowest BCUT2D eigenvalue weighted by Crippen LogP contribution is -2.55. The van der Waals surface area contributed by atoms with Crippen molar-refractivity contribution in [1.82, 2.24) is 5.32 Å². The second-order valence-corrected chi connectivity index (χ2v) is 9.54. The van der Waals surface area contributed by atoms with E-state index < -0.39 is 5.66 Å². The molecule has 34 heavy (non-hydrogen) atoms. The molecule has 6 nitrogen and oxygen atoms in total. The number of carbonyl (C=O) groups is 1. The number of nitrogens with one attached hydrogen (secondary N) is 3. The van der Waals surface area contributed by atoms with Crippen LogP contribution < -0.4 is 25.4 Å². The van der Waals surface area contributed by atoms with Crippen LogP contribution in [-0.4, -0.2) is 26.7 Å². The van der Waals surface area contributed by atoms with Crippen LogP contribution in [0.4, 0.5) is 11.4 Å². The molecule has 1 aliphatic carbocycles. The van der Waals surface area contributed by atoms with Gasteiger partial charge >= 0.3 is 0 Å². The highest BCUT2D eigenvalue weighted by molar-refractivity contribution is 5.86. The molecule has 3 N–H and O–H groups in total. The lowest BCUT2D eigenvalue weighted by molar-refractivity contribution is -0.129. The Labute approximate surface area is 203 Å². The first kappa shape index (κ1) is 24.2. The number of para-hydroxylation sites is 2. The van der Waals surface area contributed by atoms with Crippen LogP contribution in [0.2, 0.25) is 0 Å².